The van der Waals surface area contributed by atoms with E-state index in [2.05, 4.69) is 16.0 Å². The fraction of sp³-hybridized carbons (Fsp3) is 0.522. The Balaban J connectivity index is 2.48. The molecule has 0 radical (unpaired) electrons. The normalized spacial score (nSPS) is 11.6. The first-order chi connectivity index (χ1) is 14.9. The van der Waals surface area contributed by atoms with Gasteiger partial charge in [0.1, 0.15) is 6.61 Å². The maximum Gasteiger partial charge on any atom is 0.243 e. The molecule has 0 aliphatic heterocycles. The molecule has 0 aliphatic rings. The Morgan fingerprint density at radius 1 is 1.12 bits per heavy atom. The van der Waals surface area contributed by atoms with Crippen molar-refractivity contribution in [1.82, 2.24) is 10.6 Å². The van der Waals surface area contributed by atoms with Crippen molar-refractivity contribution in [1.29, 1.82) is 0 Å². The molecule has 0 heterocycles. The lowest BCUT2D eigenvalue weighted by Crippen LogP contribution is -2.36. The van der Waals surface area contributed by atoms with Gasteiger partial charge in [0.15, 0.2) is 0 Å². The van der Waals surface area contributed by atoms with E-state index in [1.165, 1.54) is 7.85 Å². The van der Waals surface area contributed by atoms with E-state index < -0.39 is 5.60 Å². The largest absolute Gasteiger partial charge is 0.469 e. The van der Waals surface area contributed by atoms with Gasteiger partial charge < -0.3 is 25.4 Å². The number of benzene rings is 1. The second kappa shape index (κ2) is 12.9. The maximum absolute atomic E-state index is 12.3. The number of carbonyl (C=O) groups excluding carboxylic acids is 3. The van der Waals surface area contributed by atoms with Crippen molar-refractivity contribution in [3.05, 3.63) is 40.6 Å². The van der Waals surface area contributed by atoms with Gasteiger partial charge >= 0.3 is 0 Å². The summed E-state index contributed by atoms with van der Waals surface area (Å²) in [6, 6.07) is 3.76. The zero-order valence-electron chi connectivity index (χ0n) is 20.3. The molecule has 9 heteroatoms. The molecule has 0 aliphatic carbocycles. The summed E-state index contributed by atoms with van der Waals surface area (Å²) in [6.45, 7) is 10.3. The van der Waals surface area contributed by atoms with Gasteiger partial charge in [0.05, 0.1) is 18.6 Å². The number of hydrogen-bond donors (Lipinski definition) is 3. The van der Waals surface area contributed by atoms with Gasteiger partial charge in [-0.1, -0.05) is 12.1 Å². The molecule has 2 amide bonds. The lowest BCUT2D eigenvalue weighted by Gasteiger charge is -2.24. The summed E-state index contributed by atoms with van der Waals surface area (Å²) < 4.78 is 10.8. The van der Waals surface area contributed by atoms with E-state index in [1.807, 2.05) is 59.9 Å². The summed E-state index contributed by atoms with van der Waals surface area (Å²) >= 11 is 0. The van der Waals surface area contributed by atoms with E-state index in [0.29, 0.717) is 6.61 Å². The minimum Gasteiger partial charge on any atom is -0.469 e. The second-order valence-electron chi connectivity index (χ2n) is 8.42. The third-order valence-electron chi connectivity index (χ3n) is 4.82. The number of anilines is 1. The Morgan fingerprint density at radius 3 is 2.31 bits per heavy atom. The highest BCUT2D eigenvalue weighted by atomic mass is 16.5. The smallest absolute Gasteiger partial charge is 0.243 e. The van der Waals surface area contributed by atoms with Crippen LogP contribution in [0.2, 0.25) is 0 Å². The summed E-state index contributed by atoms with van der Waals surface area (Å²) in [5, 5.41) is 8.69. The third-order valence-corrected chi connectivity index (χ3v) is 4.82. The van der Waals surface area contributed by atoms with Crippen LogP contribution >= 0.6 is 0 Å². The first-order valence-corrected chi connectivity index (χ1v) is 10.7. The van der Waals surface area contributed by atoms with Crippen LogP contribution in [-0.4, -0.2) is 51.3 Å². The van der Waals surface area contributed by atoms with E-state index >= 15 is 0 Å². The monoisotopic (exact) mass is 445 g/mol. The predicted octanol–water partition coefficient (Wildman–Crippen LogP) is 2.33. The molecule has 0 unspecified atom stereocenters. The van der Waals surface area contributed by atoms with Crippen LogP contribution < -0.4 is 16.0 Å². The van der Waals surface area contributed by atoms with Gasteiger partial charge in [0, 0.05) is 31.4 Å². The fourth-order valence-electron chi connectivity index (χ4n) is 3.03. The topological polar surface area (TPSA) is 106 Å². The number of carbonyl (C=O) groups is 3. The van der Waals surface area contributed by atoms with Crippen molar-refractivity contribution in [3.63, 3.8) is 0 Å². The zero-order chi connectivity index (χ0) is 24.3. The molecule has 0 fully saturated rings. The first-order valence-electron chi connectivity index (χ1n) is 10.7. The maximum atomic E-state index is 12.3. The molecule has 1 aromatic carbocycles. The standard InChI is InChI=1S/C23H36BN3O5/c1-15-11-18(14-31-22(24)30)12-16(2)21(15)27-19(28)7-9-26-20(29)13-23(4,5)32-10-8-17(3)25-6/h8,11-12,25H,7,9-10,13-14,24H2,1-6H3,(H,26,29)(H,27,28)/b17-8-. The van der Waals surface area contributed by atoms with Crippen molar-refractivity contribution in [3.8, 4) is 0 Å². The number of allylic oxidation sites excluding steroid dienone is 1. The Bertz CT molecular complexity index is 829. The first kappa shape index (κ1) is 27.2. The van der Waals surface area contributed by atoms with Crippen molar-refractivity contribution in [2.45, 2.75) is 59.7 Å². The lowest BCUT2D eigenvalue weighted by molar-refractivity contribution is -0.126. The average molecular weight is 445 g/mol. The third kappa shape index (κ3) is 10.5. The minimum atomic E-state index is -0.612. The van der Waals surface area contributed by atoms with E-state index in [4.69, 9.17) is 9.47 Å². The van der Waals surface area contributed by atoms with E-state index in [-0.39, 0.29) is 43.7 Å². The van der Waals surface area contributed by atoms with Crippen molar-refractivity contribution < 1.29 is 23.9 Å². The van der Waals surface area contributed by atoms with E-state index in [9.17, 15) is 14.4 Å². The highest BCUT2D eigenvalue weighted by molar-refractivity contribution is 6.55. The number of ether oxygens (including phenoxy) is 2. The van der Waals surface area contributed by atoms with Crippen molar-refractivity contribution in [2.75, 3.05) is 25.5 Å². The Kier molecular flexibility index (Phi) is 11.0. The van der Waals surface area contributed by atoms with Crippen LogP contribution in [0.5, 0.6) is 0 Å². The van der Waals surface area contributed by atoms with Crippen molar-refractivity contribution >= 4 is 31.2 Å². The number of amides is 2. The van der Waals surface area contributed by atoms with Crippen LogP contribution in [0.4, 0.5) is 10.5 Å². The Labute approximate surface area is 191 Å². The quantitative estimate of drug-likeness (QED) is 0.427. The molecule has 0 atom stereocenters. The SMILES string of the molecule is BC(=O)OCc1cc(C)c(NC(=O)CCNC(=O)CC(C)(C)OC/C=C(/C)NC)c(C)c1. The van der Waals surface area contributed by atoms with Crippen LogP contribution in [0.3, 0.4) is 0 Å². The van der Waals surface area contributed by atoms with Gasteiger partial charge in [0.25, 0.3) is 0 Å². The zero-order valence-corrected chi connectivity index (χ0v) is 20.3. The lowest BCUT2D eigenvalue weighted by atomic mass is 10.0. The summed E-state index contributed by atoms with van der Waals surface area (Å²) in [6.07, 6.45) is 2.27. The fourth-order valence-corrected chi connectivity index (χ4v) is 3.03. The van der Waals surface area contributed by atoms with Crippen LogP contribution in [0.25, 0.3) is 0 Å². The summed E-state index contributed by atoms with van der Waals surface area (Å²) in [4.78, 5) is 35.6. The highest BCUT2D eigenvalue weighted by Crippen LogP contribution is 2.23. The van der Waals surface area contributed by atoms with E-state index in [1.54, 1.807) is 0 Å². The number of hydrogen-bond acceptors (Lipinski definition) is 6. The summed E-state index contributed by atoms with van der Waals surface area (Å²) in [5.41, 5.74) is 3.74. The molecule has 32 heavy (non-hydrogen) atoms. The molecule has 0 aromatic heterocycles. The molecule has 1 rings (SSSR count). The summed E-state index contributed by atoms with van der Waals surface area (Å²) in [5.74, 6) is -0.692. The Hall–Kier alpha value is -2.81. The minimum absolute atomic E-state index is 0.158. The highest BCUT2D eigenvalue weighted by Gasteiger charge is 2.22. The van der Waals surface area contributed by atoms with Crippen LogP contribution in [0.15, 0.2) is 23.9 Å². The van der Waals surface area contributed by atoms with Gasteiger partial charge in [-0.15, -0.1) is 0 Å². The molecule has 176 valence electrons. The number of rotatable bonds is 12. The predicted molar refractivity (Wildman–Crippen MR) is 128 cm³/mol. The summed E-state index contributed by atoms with van der Waals surface area (Å²) in [7, 11) is 3.20. The molecule has 0 saturated carbocycles. The number of nitrogens with one attached hydrogen (secondary N) is 3. The van der Waals surface area contributed by atoms with Gasteiger partial charge in [-0.2, -0.15) is 0 Å². The molecule has 8 nitrogen and oxygen atoms in total. The van der Waals surface area contributed by atoms with E-state index in [0.717, 1.165) is 28.1 Å². The molecular weight excluding hydrogens is 409 g/mol. The molecule has 0 bridgehead atoms. The van der Waals surface area contributed by atoms with Crippen LogP contribution in [0, 0.1) is 13.8 Å². The van der Waals surface area contributed by atoms with Gasteiger partial charge in [-0.05, 0) is 57.4 Å². The molecule has 1 aromatic rings. The van der Waals surface area contributed by atoms with Crippen molar-refractivity contribution in [2.24, 2.45) is 0 Å². The molecular formula is C23H36BN3O5. The van der Waals surface area contributed by atoms with Gasteiger partial charge in [0.2, 0.25) is 25.5 Å². The molecule has 0 spiro atoms. The van der Waals surface area contributed by atoms with Crippen LogP contribution in [-0.2, 0) is 25.7 Å². The van der Waals surface area contributed by atoms with Gasteiger partial charge in [-0.25, -0.2) is 0 Å². The molecule has 3 N–H and O–H groups in total. The average Bonchev–Trinajstić information content (AvgIpc) is 2.68. The second-order valence-corrected chi connectivity index (χ2v) is 8.42. The van der Waals surface area contributed by atoms with Crippen LogP contribution in [0.1, 0.15) is 50.3 Å². The Morgan fingerprint density at radius 2 is 1.75 bits per heavy atom. The van der Waals surface area contributed by atoms with Gasteiger partial charge in [-0.3, -0.25) is 14.4 Å². The number of aryl methyl sites for hydroxylation is 2. The molecule has 0 saturated heterocycles.